The standard InChI is InChI=1S/3C26H30NO/c1-17-11-8-9-12-19(17)22-15-18(2)21(16-27(22)7)20-13-10-14-23-24(20)25(3,4)26(5,6)28-23;1-17-11-8-9-12-19(17)23-15-18(2)21(16-27(23)7)20-13-10-14-22-24(20)28-26(5,6)25(22,3)4;1-17-10-8-9-11-20(17)23-14-18(2)21(16-27(23)7)19-12-13-24-22(15-19)25(3,4)26(5,6)28-24/h3*8-16H,1-7H3/q3*+1. The van der Waals surface area contributed by atoms with Crippen LogP contribution in [0.15, 0.2) is 164 Å². The fourth-order valence-corrected chi connectivity index (χ4v) is 12.7. The Morgan fingerprint density at radius 3 is 1.18 bits per heavy atom. The number of para-hydroxylation sites is 1. The summed E-state index contributed by atoms with van der Waals surface area (Å²) in [6.45, 7) is 39.9. The van der Waals surface area contributed by atoms with Gasteiger partial charge in [0.2, 0.25) is 17.1 Å². The molecule has 3 aliphatic heterocycles. The quantitative estimate of drug-likeness (QED) is 0.156. The molecule has 0 saturated carbocycles. The number of aromatic nitrogens is 3. The van der Waals surface area contributed by atoms with Gasteiger partial charge in [0.05, 0.1) is 5.56 Å². The number of nitrogens with zero attached hydrogens (tertiary/aromatic N) is 3. The summed E-state index contributed by atoms with van der Waals surface area (Å²) in [6, 6.07) is 52.3. The minimum atomic E-state index is -0.234. The molecule has 0 aliphatic carbocycles. The van der Waals surface area contributed by atoms with Gasteiger partial charge < -0.3 is 14.2 Å². The van der Waals surface area contributed by atoms with Crippen molar-refractivity contribution in [2.75, 3.05) is 0 Å². The van der Waals surface area contributed by atoms with Crippen molar-refractivity contribution in [1.82, 2.24) is 0 Å². The summed E-state index contributed by atoms with van der Waals surface area (Å²) < 4.78 is 25.8. The summed E-state index contributed by atoms with van der Waals surface area (Å²) in [7, 11) is 6.40. The zero-order chi connectivity index (χ0) is 60.8. The molecule has 6 aromatic carbocycles. The van der Waals surface area contributed by atoms with Crippen LogP contribution in [0.1, 0.15) is 133 Å². The van der Waals surface area contributed by atoms with Crippen LogP contribution in [0.2, 0.25) is 0 Å². The third-order valence-electron chi connectivity index (χ3n) is 20.2. The smallest absolute Gasteiger partial charge is 0.212 e. The van der Waals surface area contributed by atoms with Crippen LogP contribution < -0.4 is 27.9 Å². The molecule has 9 aromatic rings. The van der Waals surface area contributed by atoms with E-state index in [1.165, 1.54) is 117 Å². The normalized spacial score (nSPS) is 16.5. The van der Waals surface area contributed by atoms with Gasteiger partial charge in [-0.05, 0) is 164 Å². The number of pyridine rings is 3. The van der Waals surface area contributed by atoms with Gasteiger partial charge in [-0.3, -0.25) is 0 Å². The molecule has 3 aromatic heterocycles. The summed E-state index contributed by atoms with van der Waals surface area (Å²) in [4.78, 5) is 0. The maximum atomic E-state index is 6.51. The lowest BCUT2D eigenvalue weighted by Crippen LogP contribution is -2.42. The Bertz CT molecular complexity index is 4050. The van der Waals surface area contributed by atoms with E-state index in [1.54, 1.807) is 0 Å². The molecule has 3 aliphatic rings. The molecular weight excluding hydrogens is 1030 g/mol. The number of ether oxygens (including phenoxy) is 3. The van der Waals surface area contributed by atoms with Crippen molar-refractivity contribution in [2.45, 2.75) is 158 Å². The van der Waals surface area contributed by atoms with Crippen molar-refractivity contribution in [3.8, 4) is 84.4 Å². The summed E-state index contributed by atoms with van der Waals surface area (Å²) in [5.74, 6) is 3.05. The Balaban J connectivity index is 0.000000140. The molecule has 0 N–H and O–H groups in total. The van der Waals surface area contributed by atoms with E-state index in [4.69, 9.17) is 14.2 Å². The van der Waals surface area contributed by atoms with Crippen molar-refractivity contribution in [2.24, 2.45) is 21.1 Å². The van der Waals surface area contributed by atoms with Crippen molar-refractivity contribution < 1.29 is 27.9 Å². The molecule has 432 valence electrons. The highest BCUT2D eigenvalue weighted by molar-refractivity contribution is 5.79. The molecule has 0 saturated heterocycles. The van der Waals surface area contributed by atoms with Crippen LogP contribution in [0.3, 0.4) is 0 Å². The zero-order valence-corrected chi connectivity index (χ0v) is 54.2. The number of hydrogen-bond donors (Lipinski definition) is 0. The highest BCUT2D eigenvalue weighted by Gasteiger charge is 2.51. The van der Waals surface area contributed by atoms with Gasteiger partial charge >= 0.3 is 0 Å². The Hall–Kier alpha value is -7.83. The summed E-state index contributed by atoms with van der Waals surface area (Å²) in [5.41, 5.74) is 25.8. The Morgan fingerprint density at radius 2 is 0.679 bits per heavy atom. The van der Waals surface area contributed by atoms with Gasteiger partial charge in [0.25, 0.3) is 0 Å². The third kappa shape index (κ3) is 10.1. The van der Waals surface area contributed by atoms with Crippen LogP contribution in [0.4, 0.5) is 0 Å². The van der Waals surface area contributed by atoms with Crippen LogP contribution in [0, 0.1) is 41.5 Å². The SMILES string of the molecule is Cc1cc(-c2ccccc2C)[n+](C)cc1-c1ccc2c(c1)C(C)(C)C(C)(C)O2.Cc1cc(-c2ccccc2C)[n+](C)cc1-c1cccc2c1C(C)(C)C(C)(C)O2.Cc1cc(-c2ccccc2C)[n+](C)cc1-c1cccc2c1OC(C)(C)C2(C)C. The number of benzene rings is 6. The molecule has 6 heterocycles. The average Bonchev–Trinajstić information content (AvgIpc) is 1.94. The second-order valence-corrected chi connectivity index (χ2v) is 27.3. The Morgan fingerprint density at radius 1 is 0.298 bits per heavy atom. The average molecular weight is 1120 g/mol. The zero-order valence-electron chi connectivity index (χ0n) is 54.2. The Kier molecular flexibility index (Phi) is 15.1. The molecule has 6 heteroatoms. The number of rotatable bonds is 6. The molecule has 84 heavy (non-hydrogen) atoms. The van der Waals surface area contributed by atoms with E-state index in [-0.39, 0.29) is 33.0 Å². The van der Waals surface area contributed by atoms with Gasteiger partial charge in [0.15, 0.2) is 18.6 Å². The molecule has 0 atom stereocenters. The van der Waals surface area contributed by atoms with Gasteiger partial charge in [-0.2, -0.15) is 0 Å². The van der Waals surface area contributed by atoms with E-state index in [1.807, 2.05) is 0 Å². The van der Waals surface area contributed by atoms with E-state index in [9.17, 15) is 0 Å². The van der Waals surface area contributed by atoms with Gasteiger partial charge in [0, 0.05) is 84.5 Å². The minimum absolute atomic E-state index is 0.0322. The first-order valence-corrected chi connectivity index (χ1v) is 30.1. The lowest BCUT2D eigenvalue weighted by atomic mass is 9.71. The van der Waals surface area contributed by atoms with Crippen molar-refractivity contribution >= 4 is 0 Å². The minimum Gasteiger partial charge on any atom is -0.487 e. The van der Waals surface area contributed by atoms with Crippen molar-refractivity contribution in [1.29, 1.82) is 0 Å². The van der Waals surface area contributed by atoms with E-state index in [0.717, 1.165) is 17.2 Å². The molecule has 0 unspecified atom stereocenters. The Labute approximate surface area is 502 Å². The van der Waals surface area contributed by atoms with Crippen LogP contribution >= 0.6 is 0 Å². The molecule has 12 rings (SSSR count). The highest BCUT2D eigenvalue weighted by Crippen LogP contribution is 2.55. The fraction of sp³-hybridized carbons (Fsp3) is 0.346. The van der Waals surface area contributed by atoms with Gasteiger partial charge in [-0.15, -0.1) is 0 Å². The van der Waals surface area contributed by atoms with Crippen LogP contribution in [-0.2, 0) is 37.4 Å². The lowest BCUT2D eigenvalue weighted by Gasteiger charge is -2.34. The first kappa shape index (κ1) is 59.3. The molecule has 0 amide bonds. The summed E-state index contributed by atoms with van der Waals surface area (Å²) >= 11 is 0. The number of fused-ring (bicyclic) bond motifs is 3. The molecular formula is C78H90N3O3+3. The monoisotopic (exact) mass is 1120 g/mol. The van der Waals surface area contributed by atoms with Crippen LogP contribution in [0.25, 0.3) is 67.2 Å². The van der Waals surface area contributed by atoms with Gasteiger partial charge in [-0.25, -0.2) is 13.7 Å². The summed E-state index contributed by atoms with van der Waals surface area (Å²) in [5, 5.41) is 0. The van der Waals surface area contributed by atoms with Gasteiger partial charge in [0.1, 0.15) is 55.2 Å². The third-order valence-corrected chi connectivity index (χ3v) is 20.2. The molecule has 0 radical (unpaired) electrons. The molecule has 6 nitrogen and oxygen atoms in total. The first-order chi connectivity index (χ1) is 39.4. The predicted molar refractivity (Wildman–Crippen MR) is 347 cm³/mol. The maximum Gasteiger partial charge on any atom is 0.212 e. The highest BCUT2D eigenvalue weighted by atomic mass is 16.5. The molecule has 0 spiro atoms. The van der Waals surface area contributed by atoms with E-state index in [2.05, 4.69) is 324 Å². The molecule has 0 fully saturated rings. The largest absolute Gasteiger partial charge is 0.487 e. The fourth-order valence-electron chi connectivity index (χ4n) is 12.7. The first-order valence-electron chi connectivity index (χ1n) is 30.1. The number of aryl methyl sites for hydroxylation is 9. The lowest BCUT2D eigenvalue weighted by molar-refractivity contribution is -0.660. The van der Waals surface area contributed by atoms with Gasteiger partial charge in [-0.1, -0.05) is 133 Å². The van der Waals surface area contributed by atoms with Crippen molar-refractivity contribution in [3.05, 3.63) is 214 Å². The predicted octanol–water partition coefficient (Wildman–Crippen LogP) is 17.7. The van der Waals surface area contributed by atoms with E-state index < -0.39 is 0 Å². The topological polar surface area (TPSA) is 39.3 Å². The van der Waals surface area contributed by atoms with E-state index >= 15 is 0 Å². The van der Waals surface area contributed by atoms with Crippen LogP contribution in [-0.4, -0.2) is 16.8 Å². The second kappa shape index (κ2) is 21.4. The van der Waals surface area contributed by atoms with Crippen molar-refractivity contribution in [3.63, 3.8) is 0 Å². The van der Waals surface area contributed by atoms with E-state index in [0.29, 0.717) is 0 Å². The second-order valence-electron chi connectivity index (χ2n) is 27.3. The maximum absolute atomic E-state index is 6.51. The molecule has 0 bridgehead atoms. The van der Waals surface area contributed by atoms with Crippen LogP contribution in [0.5, 0.6) is 17.2 Å². The number of hydrogen-bond acceptors (Lipinski definition) is 3. The summed E-state index contributed by atoms with van der Waals surface area (Å²) in [6.07, 6.45) is 6.77.